The Morgan fingerprint density at radius 2 is 1.85 bits per heavy atom. The number of hydrogen-bond donors (Lipinski definition) is 2. The number of benzene rings is 2. The van der Waals surface area contributed by atoms with Gasteiger partial charge in [0.25, 0.3) is 5.91 Å². The number of phenols is 1. The van der Waals surface area contributed by atoms with Crippen molar-refractivity contribution in [3.05, 3.63) is 63.6 Å². The summed E-state index contributed by atoms with van der Waals surface area (Å²) in [7, 11) is 0. The second-order valence-electron chi connectivity index (χ2n) is 6.24. The Morgan fingerprint density at radius 3 is 2.58 bits per heavy atom. The number of carbonyl (C=O) groups is 2. The Balaban J connectivity index is 1.78. The molecular weight excluding hydrogens is 379 g/mol. The second-order valence-corrected chi connectivity index (χ2v) is 7.08. The van der Waals surface area contributed by atoms with Gasteiger partial charge in [0.2, 0.25) is 5.91 Å². The third-order valence-corrected chi connectivity index (χ3v) is 5.10. The second kappa shape index (κ2) is 6.55. The van der Waals surface area contributed by atoms with Crippen molar-refractivity contribution in [3.8, 4) is 5.75 Å². The summed E-state index contributed by atoms with van der Waals surface area (Å²) in [5.41, 5.74) is 1.27. The zero-order valence-electron chi connectivity index (χ0n) is 13.4. The van der Waals surface area contributed by atoms with Gasteiger partial charge in [0.05, 0.1) is 17.0 Å². The summed E-state index contributed by atoms with van der Waals surface area (Å²) in [5, 5.41) is 14.6. The smallest absolute Gasteiger partial charge is 0.258 e. The molecule has 134 valence electrons. The molecule has 2 saturated heterocycles. The average Bonchev–Trinajstić information content (AvgIpc) is 3.10. The van der Waals surface area contributed by atoms with E-state index in [-0.39, 0.29) is 10.8 Å². The molecule has 8 heteroatoms. The van der Waals surface area contributed by atoms with Crippen LogP contribution in [0.2, 0.25) is 10.0 Å². The van der Waals surface area contributed by atoms with Crippen LogP contribution in [0.4, 0.5) is 0 Å². The van der Waals surface area contributed by atoms with E-state index in [4.69, 9.17) is 28.0 Å². The zero-order valence-corrected chi connectivity index (χ0v) is 14.9. The number of nitrogens with one attached hydrogen (secondary N) is 1. The third kappa shape index (κ3) is 2.85. The van der Waals surface area contributed by atoms with E-state index in [1.165, 1.54) is 17.2 Å². The van der Waals surface area contributed by atoms with Crippen LogP contribution < -0.4 is 5.32 Å². The first-order chi connectivity index (χ1) is 12.5. The number of halogens is 2. The molecule has 6 nitrogen and oxygen atoms in total. The van der Waals surface area contributed by atoms with Gasteiger partial charge >= 0.3 is 0 Å². The number of aromatic hydroxyl groups is 1. The predicted molar refractivity (Wildman–Crippen MR) is 94.4 cm³/mol. The minimum atomic E-state index is -0.951. The van der Waals surface area contributed by atoms with Crippen molar-refractivity contribution in [1.82, 2.24) is 10.4 Å². The number of imide groups is 1. The minimum absolute atomic E-state index is 0.0698. The molecule has 4 rings (SSSR count). The molecule has 0 saturated carbocycles. The monoisotopic (exact) mass is 392 g/mol. The Labute approximate surface area is 159 Å². The van der Waals surface area contributed by atoms with Crippen molar-refractivity contribution >= 4 is 35.0 Å². The largest absolute Gasteiger partial charge is 0.506 e. The van der Waals surface area contributed by atoms with Gasteiger partial charge < -0.3 is 5.11 Å². The summed E-state index contributed by atoms with van der Waals surface area (Å²) in [6, 6.07) is 11.7. The summed E-state index contributed by atoms with van der Waals surface area (Å²) in [4.78, 5) is 30.2. The molecule has 2 fully saturated rings. The molecule has 2 N–H and O–H groups in total. The van der Waals surface area contributed by atoms with E-state index in [1.54, 1.807) is 0 Å². The fourth-order valence-electron chi connectivity index (χ4n) is 3.45. The minimum Gasteiger partial charge on any atom is -0.506 e. The van der Waals surface area contributed by atoms with Gasteiger partial charge in [-0.2, -0.15) is 5.06 Å². The van der Waals surface area contributed by atoms with Crippen LogP contribution in [0, 0.1) is 5.92 Å². The lowest BCUT2D eigenvalue weighted by Gasteiger charge is -2.26. The van der Waals surface area contributed by atoms with Crippen molar-refractivity contribution in [2.75, 3.05) is 0 Å². The number of hydrogen-bond acceptors (Lipinski definition) is 5. The van der Waals surface area contributed by atoms with Crippen LogP contribution in [0.3, 0.4) is 0 Å². The molecule has 0 radical (unpaired) electrons. The van der Waals surface area contributed by atoms with Crippen LogP contribution >= 0.6 is 23.2 Å². The highest BCUT2D eigenvalue weighted by Gasteiger charge is 2.56. The first-order valence-corrected chi connectivity index (χ1v) is 8.71. The van der Waals surface area contributed by atoms with Crippen LogP contribution in [-0.2, 0) is 21.0 Å². The quantitative estimate of drug-likeness (QED) is 0.785. The Morgan fingerprint density at radius 1 is 1.12 bits per heavy atom. The van der Waals surface area contributed by atoms with Gasteiger partial charge in [-0.15, -0.1) is 0 Å². The summed E-state index contributed by atoms with van der Waals surface area (Å²) in [5.74, 6) is -1.92. The van der Waals surface area contributed by atoms with E-state index in [1.807, 2.05) is 30.3 Å². The van der Waals surface area contributed by atoms with E-state index in [0.717, 1.165) is 5.56 Å². The Bertz CT molecular complexity index is 890. The van der Waals surface area contributed by atoms with E-state index in [2.05, 4.69) is 5.32 Å². The highest BCUT2D eigenvalue weighted by Crippen LogP contribution is 2.47. The SMILES string of the molecule is O=C1NC(=O)C2C1ON(Cc1ccccc1)C2c1cc(Cl)cc(Cl)c1O. The van der Waals surface area contributed by atoms with Crippen LogP contribution in [0.1, 0.15) is 17.2 Å². The number of fused-ring (bicyclic) bond motifs is 1. The van der Waals surface area contributed by atoms with Crippen LogP contribution in [-0.4, -0.2) is 28.1 Å². The molecule has 0 bridgehead atoms. The van der Waals surface area contributed by atoms with E-state index in [0.29, 0.717) is 17.1 Å². The lowest BCUT2D eigenvalue weighted by molar-refractivity contribution is -0.178. The summed E-state index contributed by atoms with van der Waals surface area (Å²) in [6.45, 7) is 0.322. The van der Waals surface area contributed by atoms with E-state index in [9.17, 15) is 14.7 Å². The number of nitrogens with zero attached hydrogens (tertiary/aromatic N) is 1. The molecule has 0 aromatic heterocycles. The number of carbonyl (C=O) groups excluding carboxylic acids is 2. The third-order valence-electron chi connectivity index (χ3n) is 4.59. The molecule has 2 aromatic carbocycles. The molecule has 3 unspecified atom stereocenters. The zero-order chi connectivity index (χ0) is 18.4. The van der Waals surface area contributed by atoms with Gasteiger partial charge in [0, 0.05) is 17.1 Å². The number of hydroxylamine groups is 2. The topological polar surface area (TPSA) is 78.9 Å². The molecule has 26 heavy (non-hydrogen) atoms. The van der Waals surface area contributed by atoms with Gasteiger partial charge in [-0.05, 0) is 17.7 Å². The fourth-order valence-corrected chi connectivity index (χ4v) is 3.96. The lowest BCUT2D eigenvalue weighted by Crippen LogP contribution is -2.33. The Kier molecular flexibility index (Phi) is 4.36. The van der Waals surface area contributed by atoms with Crippen LogP contribution in [0.5, 0.6) is 5.75 Å². The molecule has 2 amide bonds. The van der Waals surface area contributed by atoms with Gasteiger partial charge in [-0.3, -0.25) is 19.7 Å². The normalized spacial score (nSPS) is 25.4. The highest BCUT2D eigenvalue weighted by molar-refractivity contribution is 6.35. The molecule has 2 aliphatic rings. The lowest BCUT2D eigenvalue weighted by atomic mass is 9.90. The molecular formula is C18H14Cl2N2O4. The van der Waals surface area contributed by atoms with Gasteiger partial charge in [-0.1, -0.05) is 53.5 Å². The Hall–Kier alpha value is -2.12. The maximum atomic E-state index is 12.3. The maximum absolute atomic E-state index is 12.3. The molecule has 0 spiro atoms. The van der Waals surface area contributed by atoms with Gasteiger partial charge in [0.15, 0.2) is 6.10 Å². The van der Waals surface area contributed by atoms with Crippen molar-refractivity contribution in [2.45, 2.75) is 18.7 Å². The summed E-state index contributed by atoms with van der Waals surface area (Å²) < 4.78 is 0. The molecule has 2 aromatic rings. The van der Waals surface area contributed by atoms with Crippen LogP contribution in [0.15, 0.2) is 42.5 Å². The average molecular weight is 393 g/mol. The molecule has 2 heterocycles. The van der Waals surface area contributed by atoms with Crippen molar-refractivity contribution in [2.24, 2.45) is 5.92 Å². The van der Waals surface area contributed by atoms with Crippen molar-refractivity contribution < 1.29 is 19.5 Å². The predicted octanol–water partition coefficient (Wildman–Crippen LogP) is 2.83. The summed E-state index contributed by atoms with van der Waals surface area (Å²) >= 11 is 12.1. The maximum Gasteiger partial charge on any atom is 0.258 e. The number of amides is 2. The number of rotatable bonds is 3. The van der Waals surface area contributed by atoms with Gasteiger partial charge in [-0.25, -0.2) is 0 Å². The fraction of sp³-hybridized carbons (Fsp3) is 0.222. The van der Waals surface area contributed by atoms with Gasteiger partial charge in [0.1, 0.15) is 5.75 Å². The van der Waals surface area contributed by atoms with Crippen molar-refractivity contribution in [3.63, 3.8) is 0 Å². The van der Waals surface area contributed by atoms with E-state index >= 15 is 0 Å². The standard InChI is InChI=1S/C18H14Cl2N2O4/c19-10-6-11(15(23)12(20)7-10)14-13-16(18(25)21-17(13)24)26-22(14)8-9-4-2-1-3-5-9/h1-7,13-14,16,23H,8H2,(H,21,24,25). The first kappa shape index (κ1) is 17.3. The number of phenolic OH excluding ortho intramolecular Hbond substituents is 1. The highest BCUT2D eigenvalue weighted by atomic mass is 35.5. The van der Waals surface area contributed by atoms with Crippen LogP contribution in [0.25, 0.3) is 0 Å². The molecule has 3 atom stereocenters. The summed E-state index contributed by atoms with van der Waals surface area (Å²) in [6.07, 6.45) is -0.951. The molecule has 2 aliphatic heterocycles. The van der Waals surface area contributed by atoms with E-state index < -0.39 is 29.9 Å². The first-order valence-electron chi connectivity index (χ1n) is 7.95. The van der Waals surface area contributed by atoms with Crippen molar-refractivity contribution in [1.29, 1.82) is 0 Å². The molecule has 0 aliphatic carbocycles.